The Morgan fingerprint density at radius 2 is 1.61 bits per heavy atom. The molecule has 1 spiro atoms. The largest absolute Gasteiger partial charge is 0.494 e. The van der Waals surface area contributed by atoms with Crippen LogP contribution >= 0.6 is 0 Å². The molecule has 9 heteroatoms. The van der Waals surface area contributed by atoms with Gasteiger partial charge in [-0.1, -0.05) is 57.2 Å². The van der Waals surface area contributed by atoms with Gasteiger partial charge in [0.15, 0.2) is 0 Å². The third kappa shape index (κ3) is 4.78. The predicted octanol–water partition coefficient (Wildman–Crippen LogP) is 4.59. The van der Waals surface area contributed by atoms with Crippen molar-refractivity contribution in [2.75, 3.05) is 36.1 Å². The minimum Gasteiger partial charge on any atom is -0.494 e. The molecule has 4 heterocycles. The van der Waals surface area contributed by atoms with Gasteiger partial charge in [0, 0.05) is 24.5 Å². The summed E-state index contributed by atoms with van der Waals surface area (Å²) in [6, 6.07) is 11.6. The van der Waals surface area contributed by atoms with E-state index in [9.17, 15) is 19.5 Å². The van der Waals surface area contributed by atoms with Crippen LogP contribution in [0.25, 0.3) is 0 Å². The summed E-state index contributed by atoms with van der Waals surface area (Å²) in [7, 11) is 0. The number of aliphatic hydroxyl groups is 1. The molecule has 1 unspecified atom stereocenters. The zero-order chi connectivity index (χ0) is 33.0. The van der Waals surface area contributed by atoms with E-state index in [0.717, 1.165) is 16.8 Å². The number of fused-ring (bicyclic) bond motifs is 2. The Bertz CT molecular complexity index is 1580. The van der Waals surface area contributed by atoms with Crippen LogP contribution in [0.3, 0.4) is 0 Å². The van der Waals surface area contributed by atoms with Crippen molar-refractivity contribution in [1.82, 2.24) is 4.90 Å². The number of anilines is 2. The lowest BCUT2D eigenvalue weighted by Gasteiger charge is -2.42. The summed E-state index contributed by atoms with van der Waals surface area (Å²) >= 11 is 0. The molecule has 4 aliphatic rings. The smallest absolute Gasteiger partial charge is 0.253 e. The lowest BCUT2D eigenvalue weighted by Crippen LogP contribution is -2.60. The number of rotatable bonds is 8. The second kappa shape index (κ2) is 12.0. The van der Waals surface area contributed by atoms with Crippen LogP contribution in [0.15, 0.2) is 66.8 Å². The molecule has 6 rings (SSSR count). The summed E-state index contributed by atoms with van der Waals surface area (Å²) in [6.07, 6.45) is 8.07. The van der Waals surface area contributed by atoms with Crippen LogP contribution in [0.2, 0.25) is 0 Å². The first kappa shape index (κ1) is 32.0. The van der Waals surface area contributed by atoms with Crippen molar-refractivity contribution in [1.29, 1.82) is 0 Å². The van der Waals surface area contributed by atoms with E-state index in [1.165, 1.54) is 0 Å². The molecule has 1 N–H and O–H groups in total. The third-order valence-electron chi connectivity index (χ3n) is 10.3. The lowest BCUT2D eigenvalue weighted by atomic mass is 9.73. The Hall–Kier alpha value is -3.95. The van der Waals surface area contributed by atoms with Crippen LogP contribution in [-0.4, -0.2) is 77.3 Å². The summed E-state index contributed by atoms with van der Waals surface area (Å²) in [6.45, 7) is 12.5. The molecule has 244 valence electrons. The quantitative estimate of drug-likeness (QED) is 0.430. The summed E-state index contributed by atoms with van der Waals surface area (Å²) in [5.74, 6) is -2.15. The van der Waals surface area contributed by atoms with E-state index in [1.54, 1.807) is 14.7 Å². The maximum Gasteiger partial charge on any atom is 0.253 e. The maximum atomic E-state index is 15.0. The Kier molecular flexibility index (Phi) is 8.36. The summed E-state index contributed by atoms with van der Waals surface area (Å²) in [5.41, 5.74) is 0.888. The van der Waals surface area contributed by atoms with Gasteiger partial charge in [0.05, 0.1) is 36.7 Å². The average molecular weight is 628 g/mol. The van der Waals surface area contributed by atoms with Crippen LogP contribution in [0.5, 0.6) is 5.75 Å². The number of nitrogens with zero attached hydrogens (tertiary/aromatic N) is 3. The van der Waals surface area contributed by atoms with E-state index in [-0.39, 0.29) is 36.8 Å². The fourth-order valence-corrected chi connectivity index (χ4v) is 8.02. The van der Waals surface area contributed by atoms with E-state index >= 15 is 0 Å². The molecule has 0 aliphatic carbocycles. The van der Waals surface area contributed by atoms with Gasteiger partial charge < -0.3 is 29.3 Å². The zero-order valence-electron chi connectivity index (χ0n) is 27.6. The number of likely N-dealkylation sites (tertiary alicyclic amines) is 1. The molecule has 4 aliphatic heterocycles. The highest BCUT2D eigenvalue weighted by Crippen LogP contribution is 2.59. The molecular weight excluding hydrogens is 582 g/mol. The first-order valence-corrected chi connectivity index (χ1v) is 16.4. The Balaban J connectivity index is 1.50. The topological polar surface area (TPSA) is 99.6 Å². The fourth-order valence-electron chi connectivity index (χ4n) is 8.02. The van der Waals surface area contributed by atoms with Gasteiger partial charge in [0.2, 0.25) is 11.8 Å². The van der Waals surface area contributed by atoms with E-state index in [0.29, 0.717) is 31.0 Å². The second-order valence-corrected chi connectivity index (χ2v) is 13.3. The van der Waals surface area contributed by atoms with Gasteiger partial charge in [0.1, 0.15) is 17.4 Å². The monoisotopic (exact) mass is 627 g/mol. The molecule has 2 fully saturated rings. The number of aryl methyl sites for hydroxylation is 2. The number of ether oxygens (including phenoxy) is 2. The van der Waals surface area contributed by atoms with Crippen LogP contribution < -0.4 is 14.5 Å². The first-order chi connectivity index (χ1) is 22.0. The van der Waals surface area contributed by atoms with Gasteiger partial charge in [-0.15, -0.1) is 0 Å². The molecule has 2 aromatic carbocycles. The molecule has 46 heavy (non-hydrogen) atoms. The van der Waals surface area contributed by atoms with Gasteiger partial charge in [-0.05, 0) is 74.6 Å². The fraction of sp³-hybridized carbons (Fsp3) is 0.486. The van der Waals surface area contributed by atoms with Crippen LogP contribution in [0.1, 0.15) is 45.2 Å². The van der Waals surface area contributed by atoms with Crippen molar-refractivity contribution in [2.45, 2.75) is 71.2 Å². The third-order valence-corrected chi connectivity index (χ3v) is 10.3. The number of hydrogen-bond donors (Lipinski definition) is 1. The minimum absolute atomic E-state index is 0.153. The average Bonchev–Trinajstić information content (AvgIpc) is 3.32. The SMILES string of the molecule is CCOc1ccc(N2CC=C[C@]3(CC)O[C@]45C=CCN(c6cc(C)ccc6C)C(=O)C4N([C@@H](CO)C(C)C)C(=O)[C@@H]5[C@@H]3C2=O)cc1. The Morgan fingerprint density at radius 1 is 0.913 bits per heavy atom. The standard InChI is InChI=1S/C37H45N3O6/c1-7-36-17-9-19-38(26-13-15-27(16-14-26)45-8-2)33(42)30(36)31-34(43)40(29(22-41)23(3)4)32-35(44)39(20-10-18-37(31,32)46-36)28-21-24(5)11-12-25(28)6/h9-18,21,23,29-32,41H,7-8,19-20,22H2,1-6H3/t29-,30+,31-,32?,36-,37-/m0/s1. The molecule has 0 aromatic heterocycles. The Labute approximate surface area is 271 Å². The van der Waals surface area contributed by atoms with Gasteiger partial charge in [-0.3, -0.25) is 14.4 Å². The molecule has 0 radical (unpaired) electrons. The van der Waals surface area contributed by atoms with Crippen LogP contribution in [-0.2, 0) is 19.1 Å². The number of amides is 3. The number of benzene rings is 2. The van der Waals surface area contributed by atoms with E-state index in [4.69, 9.17) is 9.47 Å². The minimum atomic E-state index is -1.41. The summed E-state index contributed by atoms with van der Waals surface area (Å²) in [4.78, 5) is 49.6. The second-order valence-electron chi connectivity index (χ2n) is 13.3. The van der Waals surface area contributed by atoms with Gasteiger partial charge >= 0.3 is 0 Å². The lowest BCUT2D eigenvalue weighted by molar-refractivity contribution is -0.150. The first-order valence-electron chi connectivity index (χ1n) is 16.4. The molecule has 3 amide bonds. The van der Waals surface area contributed by atoms with Crippen LogP contribution in [0.4, 0.5) is 11.4 Å². The molecule has 6 atom stereocenters. The molecule has 0 saturated carbocycles. The summed E-state index contributed by atoms with van der Waals surface area (Å²) in [5, 5.41) is 10.6. The van der Waals surface area contributed by atoms with E-state index < -0.39 is 35.1 Å². The maximum absolute atomic E-state index is 15.0. The molecular formula is C37H45N3O6. The van der Waals surface area contributed by atoms with Gasteiger partial charge in [0.25, 0.3) is 5.91 Å². The van der Waals surface area contributed by atoms with Crippen molar-refractivity contribution in [3.05, 3.63) is 77.9 Å². The zero-order valence-corrected chi connectivity index (χ0v) is 27.6. The summed E-state index contributed by atoms with van der Waals surface area (Å²) < 4.78 is 12.8. The van der Waals surface area contributed by atoms with Crippen molar-refractivity contribution < 1.29 is 29.0 Å². The van der Waals surface area contributed by atoms with E-state index in [1.807, 2.05) is 108 Å². The van der Waals surface area contributed by atoms with Gasteiger partial charge in [-0.25, -0.2) is 0 Å². The van der Waals surface area contributed by atoms with Crippen molar-refractivity contribution in [3.63, 3.8) is 0 Å². The number of carbonyl (C=O) groups excluding carboxylic acids is 3. The number of carbonyl (C=O) groups is 3. The molecule has 0 bridgehead atoms. The van der Waals surface area contributed by atoms with Gasteiger partial charge in [-0.2, -0.15) is 0 Å². The molecule has 2 saturated heterocycles. The van der Waals surface area contributed by atoms with E-state index in [2.05, 4.69) is 0 Å². The van der Waals surface area contributed by atoms with Crippen molar-refractivity contribution in [2.24, 2.45) is 17.8 Å². The normalized spacial score (nSPS) is 29.5. The molecule has 2 aromatic rings. The molecule has 9 nitrogen and oxygen atoms in total. The predicted molar refractivity (Wildman–Crippen MR) is 177 cm³/mol. The van der Waals surface area contributed by atoms with Crippen LogP contribution in [0, 0.1) is 31.6 Å². The number of aliphatic hydroxyl groups excluding tert-OH is 1. The number of hydrogen-bond acceptors (Lipinski definition) is 6. The highest BCUT2D eigenvalue weighted by Gasteiger charge is 2.76. The van der Waals surface area contributed by atoms with Crippen molar-refractivity contribution >= 4 is 29.1 Å². The Morgan fingerprint density at radius 3 is 2.26 bits per heavy atom. The highest BCUT2D eigenvalue weighted by atomic mass is 16.5. The van der Waals surface area contributed by atoms with Crippen molar-refractivity contribution in [3.8, 4) is 5.75 Å². The highest BCUT2D eigenvalue weighted by molar-refractivity contribution is 6.08.